The quantitative estimate of drug-likeness (QED) is 0.382. The molecule has 0 aliphatic rings. The first kappa shape index (κ1) is 21.3. The number of hydrogen-bond acceptors (Lipinski definition) is 6. The highest BCUT2D eigenvalue weighted by Crippen LogP contribution is 2.28. The summed E-state index contributed by atoms with van der Waals surface area (Å²) in [6.45, 7) is 0. The molecule has 0 saturated carbocycles. The maximum absolute atomic E-state index is 13.4. The van der Waals surface area contributed by atoms with Gasteiger partial charge in [0, 0.05) is 31.2 Å². The fourth-order valence-electron chi connectivity index (χ4n) is 2.32. The van der Waals surface area contributed by atoms with E-state index < -0.39 is 27.0 Å². The first-order chi connectivity index (χ1) is 13.6. The Balaban J connectivity index is 0.000000230. The minimum Gasteiger partial charge on any atom is -0.396 e. The standard InChI is InChI=1S/C10H10FN3O4.C8H7FN2/c1-12(2)4-3-7-5-8(11)10(14(17)18)6-9(7)13(15)16;9-6-3-5-1-2-11-8(5)4-7(6)10/h3-6H,1-2H3;1-4,11H,10H2/b4-3+;. The predicted molar refractivity (Wildman–Crippen MR) is 105 cm³/mol. The fraction of sp³-hybridized carbons (Fsp3) is 0.111. The minimum absolute atomic E-state index is 0.0307. The van der Waals surface area contributed by atoms with Crippen molar-refractivity contribution in [2.45, 2.75) is 0 Å². The van der Waals surface area contributed by atoms with Gasteiger partial charge < -0.3 is 15.6 Å². The van der Waals surface area contributed by atoms with Crippen molar-refractivity contribution in [2.24, 2.45) is 0 Å². The van der Waals surface area contributed by atoms with E-state index in [1.54, 1.807) is 37.3 Å². The molecular weight excluding hydrogens is 388 g/mol. The van der Waals surface area contributed by atoms with E-state index >= 15 is 0 Å². The number of anilines is 1. The Labute approximate surface area is 163 Å². The molecule has 0 amide bonds. The molecule has 2 aromatic carbocycles. The topological polar surface area (TPSA) is 131 Å². The molecule has 0 saturated heterocycles. The van der Waals surface area contributed by atoms with Crippen molar-refractivity contribution < 1.29 is 18.6 Å². The molecule has 11 heteroatoms. The smallest absolute Gasteiger partial charge is 0.311 e. The van der Waals surface area contributed by atoms with Crippen LogP contribution >= 0.6 is 0 Å². The lowest BCUT2D eigenvalue weighted by molar-refractivity contribution is -0.395. The number of nitro benzene ring substituents is 2. The Morgan fingerprint density at radius 3 is 2.28 bits per heavy atom. The first-order valence-corrected chi connectivity index (χ1v) is 8.09. The van der Waals surface area contributed by atoms with Crippen LogP contribution in [0.2, 0.25) is 0 Å². The molecule has 29 heavy (non-hydrogen) atoms. The minimum atomic E-state index is -1.11. The van der Waals surface area contributed by atoms with E-state index in [2.05, 4.69) is 4.98 Å². The lowest BCUT2D eigenvalue weighted by Crippen LogP contribution is -2.01. The molecule has 0 atom stereocenters. The van der Waals surface area contributed by atoms with Crippen LogP contribution in [0.3, 0.4) is 0 Å². The van der Waals surface area contributed by atoms with Crippen molar-refractivity contribution in [1.29, 1.82) is 0 Å². The normalized spacial score (nSPS) is 10.6. The van der Waals surface area contributed by atoms with Crippen molar-refractivity contribution in [3.05, 3.63) is 80.2 Å². The van der Waals surface area contributed by atoms with Gasteiger partial charge in [-0.2, -0.15) is 4.39 Å². The molecule has 1 aromatic heterocycles. The van der Waals surface area contributed by atoms with Crippen molar-refractivity contribution in [3.63, 3.8) is 0 Å². The van der Waals surface area contributed by atoms with Gasteiger partial charge in [-0.1, -0.05) is 0 Å². The number of fused-ring (bicyclic) bond motifs is 1. The van der Waals surface area contributed by atoms with Crippen LogP contribution in [0.15, 0.2) is 42.7 Å². The number of H-pyrrole nitrogens is 1. The largest absolute Gasteiger partial charge is 0.396 e. The van der Waals surface area contributed by atoms with Gasteiger partial charge in [0.1, 0.15) is 5.82 Å². The fourth-order valence-corrected chi connectivity index (χ4v) is 2.32. The second-order valence-corrected chi connectivity index (χ2v) is 6.09. The summed E-state index contributed by atoms with van der Waals surface area (Å²) in [5, 5.41) is 22.1. The Hall–Kier alpha value is -4.02. The molecule has 9 nitrogen and oxygen atoms in total. The van der Waals surface area contributed by atoms with Crippen molar-refractivity contribution >= 4 is 34.0 Å². The average Bonchev–Trinajstić information content (AvgIpc) is 3.07. The van der Waals surface area contributed by atoms with Crippen LogP contribution in [-0.4, -0.2) is 33.8 Å². The van der Waals surface area contributed by atoms with E-state index in [0.717, 1.165) is 17.0 Å². The number of nitrogen functional groups attached to an aromatic ring is 1. The lowest BCUT2D eigenvalue weighted by Gasteiger charge is -2.04. The Morgan fingerprint density at radius 1 is 1.03 bits per heavy atom. The predicted octanol–water partition coefficient (Wildman–Crippen LogP) is 4.06. The van der Waals surface area contributed by atoms with E-state index in [0.29, 0.717) is 6.07 Å². The van der Waals surface area contributed by atoms with E-state index in [-0.39, 0.29) is 17.1 Å². The monoisotopic (exact) mass is 405 g/mol. The van der Waals surface area contributed by atoms with Crippen LogP contribution < -0.4 is 5.73 Å². The van der Waals surface area contributed by atoms with Gasteiger partial charge >= 0.3 is 5.69 Å². The van der Waals surface area contributed by atoms with Crippen LogP contribution in [-0.2, 0) is 0 Å². The van der Waals surface area contributed by atoms with Crippen LogP contribution in [0.4, 0.5) is 25.8 Å². The van der Waals surface area contributed by atoms with E-state index in [9.17, 15) is 29.0 Å². The summed E-state index contributed by atoms with van der Waals surface area (Å²) in [6.07, 6.45) is 4.54. The van der Waals surface area contributed by atoms with E-state index in [1.165, 1.54) is 18.3 Å². The number of hydrogen-bond donors (Lipinski definition) is 2. The Morgan fingerprint density at radius 2 is 1.69 bits per heavy atom. The molecule has 0 spiro atoms. The molecule has 0 aliphatic heterocycles. The Kier molecular flexibility index (Phi) is 6.44. The molecule has 3 N–H and O–H groups in total. The molecule has 0 bridgehead atoms. The third-order valence-corrected chi connectivity index (χ3v) is 3.71. The highest BCUT2D eigenvalue weighted by molar-refractivity contribution is 5.82. The molecule has 0 fully saturated rings. The molecule has 0 radical (unpaired) electrons. The molecule has 1 heterocycles. The van der Waals surface area contributed by atoms with Gasteiger partial charge in [0.25, 0.3) is 5.69 Å². The zero-order valence-electron chi connectivity index (χ0n) is 15.4. The zero-order valence-corrected chi connectivity index (χ0v) is 15.4. The van der Waals surface area contributed by atoms with Gasteiger partial charge in [0.15, 0.2) is 0 Å². The van der Waals surface area contributed by atoms with Gasteiger partial charge in [0.2, 0.25) is 5.82 Å². The highest BCUT2D eigenvalue weighted by Gasteiger charge is 2.23. The van der Waals surface area contributed by atoms with Crippen molar-refractivity contribution in [3.8, 4) is 0 Å². The number of rotatable bonds is 4. The third kappa shape index (κ3) is 5.25. The summed E-state index contributed by atoms with van der Waals surface area (Å²) in [4.78, 5) is 24.0. The number of aromatic nitrogens is 1. The van der Waals surface area contributed by atoms with Crippen LogP contribution in [0, 0.1) is 31.9 Å². The number of nitro groups is 2. The summed E-state index contributed by atoms with van der Waals surface area (Å²) < 4.78 is 26.1. The van der Waals surface area contributed by atoms with Crippen molar-refractivity contribution in [1.82, 2.24) is 9.88 Å². The third-order valence-electron chi connectivity index (χ3n) is 3.71. The summed E-state index contributed by atoms with van der Waals surface area (Å²) in [7, 11) is 3.37. The van der Waals surface area contributed by atoms with Gasteiger partial charge in [0.05, 0.1) is 27.2 Å². The highest BCUT2D eigenvalue weighted by atomic mass is 19.1. The summed E-state index contributed by atoms with van der Waals surface area (Å²) in [5.74, 6) is -1.47. The maximum atomic E-state index is 13.4. The van der Waals surface area contributed by atoms with Gasteiger partial charge in [-0.25, -0.2) is 4.39 Å². The van der Waals surface area contributed by atoms with Gasteiger partial charge in [-0.15, -0.1) is 0 Å². The molecular formula is C18H17F2N5O4. The molecule has 0 aliphatic carbocycles. The molecule has 0 unspecified atom stereocenters. The molecule has 3 aromatic rings. The number of nitrogens with two attached hydrogens (primary N) is 1. The number of nitrogens with zero attached hydrogens (tertiary/aromatic N) is 3. The molecule has 3 rings (SSSR count). The van der Waals surface area contributed by atoms with Gasteiger partial charge in [-0.3, -0.25) is 20.2 Å². The molecule has 152 valence electrons. The van der Waals surface area contributed by atoms with Gasteiger partial charge in [-0.05, 0) is 36.5 Å². The van der Waals surface area contributed by atoms with E-state index in [4.69, 9.17) is 5.73 Å². The number of benzene rings is 2. The lowest BCUT2D eigenvalue weighted by atomic mass is 10.1. The summed E-state index contributed by atoms with van der Waals surface area (Å²) in [5.41, 5.74) is 4.94. The first-order valence-electron chi connectivity index (χ1n) is 8.09. The maximum Gasteiger partial charge on any atom is 0.311 e. The van der Waals surface area contributed by atoms with Crippen LogP contribution in [0.25, 0.3) is 17.0 Å². The second kappa shape index (κ2) is 8.78. The summed E-state index contributed by atoms with van der Waals surface area (Å²) >= 11 is 0. The van der Waals surface area contributed by atoms with Crippen LogP contribution in [0.1, 0.15) is 5.56 Å². The summed E-state index contributed by atoms with van der Waals surface area (Å²) in [6, 6.07) is 6.20. The average molecular weight is 405 g/mol. The number of halogens is 2. The zero-order chi connectivity index (χ0) is 21.7. The number of nitrogens with one attached hydrogen (secondary N) is 1. The SMILES string of the molecule is CN(C)/C=C/c1cc(F)c([N+](=O)[O-])cc1[N+](=O)[O-].Nc1cc2[nH]ccc2cc1F. The number of aromatic amines is 1. The van der Waals surface area contributed by atoms with Crippen molar-refractivity contribution in [2.75, 3.05) is 19.8 Å². The second-order valence-electron chi connectivity index (χ2n) is 6.09. The van der Waals surface area contributed by atoms with Crippen LogP contribution in [0.5, 0.6) is 0 Å². The van der Waals surface area contributed by atoms with E-state index in [1.807, 2.05) is 0 Å². The Bertz CT molecular complexity index is 1060.